The van der Waals surface area contributed by atoms with Gasteiger partial charge in [0.25, 0.3) is 10.0 Å². The molecule has 0 radical (unpaired) electrons. The summed E-state index contributed by atoms with van der Waals surface area (Å²) in [5.74, 6) is -1.10. The Hall–Kier alpha value is -2.46. The molecule has 1 aliphatic heterocycles. The Kier molecular flexibility index (Phi) is 8.35. The van der Waals surface area contributed by atoms with E-state index >= 15 is 0 Å². The molecular weight excluding hydrogens is 527 g/mol. The maximum Gasteiger partial charge on any atom is 0.283 e. The molecule has 1 heterocycles. The van der Waals surface area contributed by atoms with Crippen LogP contribution >= 0.6 is 34.8 Å². The molecule has 1 saturated heterocycles. The quantitative estimate of drug-likeness (QED) is 0.206. The van der Waals surface area contributed by atoms with Crippen LogP contribution in [-0.2, 0) is 14.8 Å². The van der Waals surface area contributed by atoms with E-state index in [1.165, 1.54) is 31.4 Å². The van der Waals surface area contributed by atoms with Crippen LogP contribution in [-0.4, -0.2) is 50.8 Å². The summed E-state index contributed by atoms with van der Waals surface area (Å²) in [6, 6.07) is 6.80. The van der Waals surface area contributed by atoms with E-state index in [0.29, 0.717) is 19.4 Å². The lowest BCUT2D eigenvalue weighted by Gasteiger charge is -2.37. The molecule has 0 aromatic heterocycles. The van der Waals surface area contributed by atoms with Gasteiger partial charge in [0.2, 0.25) is 5.96 Å². The lowest BCUT2D eigenvalue weighted by Crippen LogP contribution is -2.50. The minimum atomic E-state index is -4.58. The van der Waals surface area contributed by atoms with E-state index in [4.69, 9.17) is 50.5 Å². The molecule has 182 valence electrons. The number of hydrogen-bond donors (Lipinski definition) is 3. The first-order valence-electron chi connectivity index (χ1n) is 9.89. The number of phenolic OH excluding ortho intramolecular Hbond substituents is 1. The van der Waals surface area contributed by atoms with Crippen LogP contribution in [0.1, 0.15) is 12.8 Å². The van der Waals surface area contributed by atoms with E-state index in [1.54, 1.807) is 17.3 Å². The van der Waals surface area contributed by atoms with E-state index in [2.05, 4.69) is 10.3 Å². The molecule has 14 heteroatoms. The summed E-state index contributed by atoms with van der Waals surface area (Å²) >= 11 is 18.9. The number of nitrogens with one attached hydrogen (secondary N) is 1. The molecule has 4 N–H and O–H groups in total. The second-order valence-corrected chi connectivity index (χ2v) is 10.1. The molecular formula is C20H21Cl3N6O4S. The van der Waals surface area contributed by atoms with Gasteiger partial charge in [0.1, 0.15) is 5.69 Å². The fraction of sp³-hybridized carbons (Fsp3) is 0.300. The summed E-state index contributed by atoms with van der Waals surface area (Å²) in [5.41, 5.74) is 5.44. The van der Waals surface area contributed by atoms with Crippen LogP contribution in [0.15, 0.2) is 40.2 Å². The molecule has 1 aliphatic rings. The molecule has 1 atom stereocenters. The number of guanidine groups is 1. The first kappa shape index (κ1) is 26.2. The summed E-state index contributed by atoms with van der Waals surface area (Å²) in [7, 11) is -3.06. The molecule has 1 fully saturated rings. The number of hydrazine groups is 1. The highest BCUT2D eigenvalue weighted by Gasteiger charge is 2.41. The summed E-state index contributed by atoms with van der Waals surface area (Å²) in [6.07, 6.45) is 2.94. The highest BCUT2D eigenvalue weighted by atomic mass is 35.5. The number of nitrogens with two attached hydrogens (primary N) is 1. The number of aliphatic imine (C=N–C) groups is 1. The fourth-order valence-corrected chi connectivity index (χ4v) is 6.25. The van der Waals surface area contributed by atoms with Gasteiger partial charge in [-0.1, -0.05) is 40.9 Å². The molecule has 0 aliphatic carbocycles. The number of hydrogen-bond acceptors (Lipinski definition) is 7. The lowest BCUT2D eigenvalue weighted by atomic mass is 10.2. The number of benzene rings is 2. The molecule has 10 nitrogen and oxygen atoms in total. The van der Waals surface area contributed by atoms with Gasteiger partial charge in [-0.2, -0.15) is 18.1 Å². The van der Waals surface area contributed by atoms with Gasteiger partial charge in [-0.05, 0) is 37.1 Å². The van der Waals surface area contributed by atoms with E-state index in [1.807, 2.05) is 0 Å². The Morgan fingerprint density at radius 1 is 1.35 bits per heavy atom. The predicted octanol–water partition coefficient (Wildman–Crippen LogP) is 3.59. The molecule has 0 unspecified atom stereocenters. The second kappa shape index (κ2) is 10.9. The molecule has 3 rings (SSSR count). The topological polar surface area (TPSA) is 144 Å². The molecule has 34 heavy (non-hydrogen) atoms. The van der Waals surface area contributed by atoms with E-state index < -0.39 is 20.7 Å². The van der Waals surface area contributed by atoms with Gasteiger partial charge in [0.15, 0.2) is 16.8 Å². The number of anilines is 1. The highest BCUT2D eigenvalue weighted by molar-refractivity contribution is 7.93. The number of phenols is 1. The maximum atomic E-state index is 14.1. The summed E-state index contributed by atoms with van der Waals surface area (Å²) in [5, 5.41) is 23.2. The normalized spacial score (nSPS) is 16.9. The standard InChI is InChI=1S/C20H21Cl3N6O4S/c1-33-10-12-4-3-9-28(12)29(16-6-2-5-13(21)17(16)23)34(31,32)19-14(22)7-8-15(18(19)30)27-20(25)26-11-24/h2,5-8,12,30H,3-4,9-10H2,1H3,(H3,25,26,27)/t12-/m1/s1. The predicted molar refractivity (Wildman–Crippen MR) is 131 cm³/mol. The Bertz CT molecular complexity index is 1250. The SMILES string of the molecule is COC[C@H]1CCCN1N(c1cccc(Cl)c1Cl)S(=O)(=O)c1c(Cl)ccc(N=C(N)NC#N)c1O. The molecule has 2 aromatic rings. The molecule has 0 bridgehead atoms. The number of methoxy groups -OCH3 is 1. The highest BCUT2D eigenvalue weighted by Crippen LogP contribution is 2.44. The van der Waals surface area contributed by atoms with Gasteiger partial charge < -0.3 is 15.6 Å². The number of halogens is 3. The van der Waals surface area contributed by atoms with Gasteiger partial charge in [0, 0.05) is 13.7 Å². The van der Waals surface area contributed by atoms with Gasteiger partial charge in [-0.3, -0.25) is 5.32 Å². The Balaban J connectivity index is 2.25. The zero-order valence-corrected chi connectivity index (χ0v) is 21.0. The third-order valence-electron chi connectivity index (χ3n) is 5.05. The average Bonchev–Trinajstić information content (AvgIpc) is 3.21. The Morgan fingerprint density at radius 2 is 2.09 bits per heavy atom. The van der Waals surface area contributed by atoms with Crippen molar-refractivity contribution in [3.05, 3.63) is 45.4 Å². The largest absolute Gasteiger partial charge is 0.504 e. The number of aromatic hydroxyl groups is 1. The van der Waals surface area contributed by atoms with E-state index in [9.17, 15) is 13.5 Å². The van der Waals surface area contributed by atoms with Crippen LogP contribution in [0.4, 0.5) is 11.4 Å². The van der Waals surface area contributed by atoms with Crippen LogP contribution in [0.25, 0.3) is 0 Å². The summed E-state index contributed by atoms with van der Waals surface area (Å²) < 4.78 is 34.5. The van der Waals surface area contributed by atoms with Crippen LogP contribution in [0.5, 0.6) is 5.75 Å². The van der Waals surface area contributed by atoms with Crippen molar-refractivity contribution in [1.82, 2.24) is 10.3 Å². The molecule has 0 saturated carbocycles. The molecule has 0 amide bonds. The zero-order chi connectivity index (χ0) is 25.0. The summed E-state index contributed by atoms with van der Waals surface area (Å²) in [6.45, 7) is 0.621. The van der Waals surface area contributed by atoms with Gasteiger partial charge in [-0.15, -0.1) is 0 Å². The van der Waals surface area contributed by atoms with Crippen LogP contribution in [0.2, 0.25) is 15.1 Å². The van der Waals surface area contributed by atoms with E-state index in [0.717, 1.165) is 4.41 Å². The number of nitriles is 1. The van der Waals surface area contributed by atoms with Crippen molar-refractivity contribution >= 4 is 62.2 Å². The fourth-order valence-electron chi connectivity index (χ4n) is 3.64. The van der Waals surface area contributed by atoms with Gasteiger partial charge >= 0.3 is 0 Å². The second-order valence-electron chi connectivity index (χ2n) is 7.21. The number of ether oxygens (including phenoxy) is 1. The van der Waals surface area contributed by atoms with Crippen molar-refractivity contribution < 1.29 is 18.3 Å². The van der Waals surface area contributed by atoms with Gasteiger partial charge in [0.05, 0.1) is 33.4 Å². The van der Waals surface area contributed by atoms with Crippen molar-refractivity contribution in [2.75, 3.05) is 24.7 Å². The monoisotopic (exact) mass is 546 g/mol. The number of sulfonamides is 1. The van der Waals surface area contributed by atoms with Crippen molar-refractivity contribution in [3.8, 4) is 11.9 Å². The maximum absolute atomic E-state index is 14.1. The van der Waals surface area contributed by atoms with Crippen LogP contribution < -0.4 is 15.5 Å². The zero-order valence-electron chi connectivity index (χ0n) is 17.9. The number of rotatable bonds is 7. The third kappa shape index (κ3) is 5.12. The number of nitrogens with zero attached hydrogens (tertiary/aromatic N) is 4. The summed E-state index contributed by atoms with van der Waals surface area (Å²) in [4.78, 5) is 3.25. The Labute approximate surface area is 212 Å². The minimum absolute atomic E-state index is 0.00283. The van der Waals surface area contributed by atoms with E-state index in [-0.39, 0.29) is 45.1 Å². The van der Waals surface area contributed by atoms with Crippen LogP contribution in [0, 0.1) is 11.5 Å². The van der Waals surface area contributed by atoms with Crippen LogP contribution in [0.3, 0.4) is 0 Å². The third-order valence-corrected chi connectivity index (χ3v) is 8.08. The van der Waals surface area contributed by atoms with Crippen molar-refractivity contribution in [2.24, 2.45) is 10.7 Å². The van der Waals surface area contributed by atoms with Gasteiger partial charge in [-0.25, -0.2) is 10.0 Å². The molecule has 2 aromatic carbocycles. The van der Waals surface area contributed by atoms with Crippen molar-refractivity contribution in [2.45, 2.75) is 23.8 Å². The van der Waals surface area contributed by atoms with Crippen molar-refractivity contribution in [3.63, 3.8) is 0 Å². The molecule has 0 spiro atoms. The lowest BCUT2D eigenvalue weighted by molar-refractivity contribution is 0.119. The average molecular weight is 548 g/mol. The Morgan fingerprint density at radius 3 is 2.76 bits per heavy atom. The first-order chi connectivity index (χ1) is 16.1. The smallest absolute Gasteiger partial charge is 0.283 e. The first-order valence-corrected chi connectivity index (χ1v) is 12.5. The minimum Gasteiger partial charge on any atom is -0.504 e. The van der Waals surface area contributed by atoms with Crippen molar-refractivity contribution in [1.29, 1.82) is 5.26 Å².